The van der Waals surface area contributed by atoms with Gasteiger partial charge in [0.15, 0.2) is 0 Å². The average Bonchev–Trinajstić information content (AvgIpc) is 2.32. The zero-order chi connectivity index (χ0) is 12.1. The van der Waals surface area contributed by atoms with E-state index in [2.05, 4.69) is 10.1 Å². The van der Waals surface area contributed by atoms with Crippen LogP contribution in [0.15, 0.2) is 24.3 Å². The summed E-state index contributed by atoms with van der Waals surface area (Å²) in [4.78, 5) is 0. The highest BCUT2D eigenvalue weighted by molar-refractivity contribution is 5.33. The molecule has 1 saturated heterocycles. The quantitative estimate of drug-likeness (QED) is 0.875. The normalized spacial score (nSPS) is 20.5. The average molecular weight is 243 g/mol. The number of morpholine rings is 1. The lowest BCUT2D eigenvalue weighted by molar-refractivity contribution is -0.0510. The van der Waals surface area contributed by atoms with Crippen molar-refractivity contribution in [2.24, 2.45) is 0 Å². The molecule has 1 atom stereocenters. The van der Waals surface area contributed by atoms with Crippen molar-refractivity contribution in [1.82, 2.24) is 5.32 Å². The van der Waals surface area contributed by atoms with Crippen molar-refractivity contribution in [2.45, 2.75) is 19.1 Å². The molecule has 0 aliphatic carbocycles. The maximum Gasteiger partial charge on any atom is 0.387 e. The van der Waals surface area contributed by atoms with Crippen LogP contribution in [0.25, 0.3) is 0 Å². The molecule has 0 bridgehead atoms. The Kier molecular flexibility index (Phi) is 4.28. The lowest BCUT2D eigenvalue weighted by Crippen LogP contribution is -2.39. The second-order valence-corrected chi connectivity index (χ2v) is 3.89. The van der Waals surface area contributed by atoms with Crippen LogP contribution in [0.4, 0.5) is 8.78 Å². The first kappa shape index (κ1) is 12.3. The summed E-state index contributed by atoms with van der Waals surface area (Å²) in [5, 5.41) is 3.20. The first-order valence-corrected chi connectivity index (χ1v) is 5.61. The highest BCUT2D eigenvalue weighted by Gasteiger charge is 2.17. The van der Waals surface area contributed by atoms with E-state index in [4.69, 9.17) is 4.74 Å². The van der Waals surface area contributed by atoms with E-state index in [1.165, 1.54) is 0 Å². The van der Waals surface area contributed by atoms with E-state index >= 15 is 0 Å². The van der Waals surface area contributed by atoms with Gasteiger partial charge in [-0.2, -0.15) is 8.78 Å². The number of para-hydroxylation sites is 1. The van der Waals surface area contributed by atoms with Crippen LogP contribution < -0.4 is 10.1 Å². The van der Waals surface area contributed by atoms with Gasteiger partial charge in [-0.3, -0.25) is 0 Å². The molecule has 1 aliphatic rings. The second kappa shape index (κ2) is 5.93. The van der Waals surface area contributed by atoms with E-state index in [0.29, 0.717) is 13.0 Å². The summed E-state index contributed by atoms with van der Waals surface area (Å²) in [5.41, 5.74) is 0.751. The zero-order valence-corrected chi connectivity index (χ0v) is 9.36. The van der Waals surface area contributed by atoms with Gasteiger partial charge in [0, 0.05) is 19.5 Å². The molecule has 1 heterocycles. The minimum Gasteiger partial charge on any atom is -0.435 e. The van der Waals surface area contributed by atoms with E-state index in [9.17, 15) is 8.78 Å². The highest BCUT2D eigenvalue weighted by atomic mass is 19.3. The minimum atomic E-state index is -2.79. The molecule has 1 aromatic rings. The van der Waals surface area contributed by atoms with Gasteiger partial charge in [-0.25, -0.2) is 0 Å². The Balaban J connectivity index is 2.03. The summed E-state index contributed by atoms with van der Waals surface area (Å²) in [6.45, 7) is -0.557. The van der Waals surface area contributed by atoms with Crippen molar-refractivity contribution >= 4 is 0 Å². The maximum atomic E-state index is 12.2. The van der Waals surface area contributed by atoms with Gasteiger partial charge in [0.05, 0.1) is 12.7 Å². The molecule has 0 saturated carbocycles. The molecule has 3 nitrogen and oxygen atoms in total. The van der Waals surface area contributed by atoms with Crippen molar-refractivity contribution in [3.8, 4) is 5.75 Å². The fourth-order valence-electron chi connectivity index (χ4n) is 1.88. The smallest absolute Gasteiger partial charge is 0.387 e. The van der Waals surface area contributed by atoms with E-state index < -0.39 is 6.61 Å². The Morgan fingerprint density at radius 1 is 1.41 bits per heavy atom. The Bertz CT molecular complexity index is 354. The lowest BCUT2D eigenvalue weighted by Gasteiger charge is -2.24. The fourth-order valence-corrected chi connectivity index (χ4v) is 1.88. The monoisotopic (exact) mass is 243 g/mol. The Morgan fingerprint density at radius 3 is 2.94 bits per heavy atom. The van der Waals surface area contributed by atoms with Crippen molar-refractivity contribution < 1.29 is 18.3 Å². The van der Waals surface area contributed by atoms with Gasteiger partial charge in [-0.1, -0.05) is 18.2 Å². The first-order chi connectivity index (χ1) is 8.25. The SMILES string of the molecule is FC(F)Oc1ccccc1C[C@@H]1CNCCO1. The van der Waals surface area contributed by atoms with Gasteiger partial charge in [0.1, 0.15) is 5.75 Å². The summed E-state index contributed by atoms with van der Waals surface area (Å²) < 4.78 is 34.4. The number of ether oxygens (including phenoxy) is 2. The van der Waals surface area contributed by atoms with E-state index in [-0.39, 0.29) is 11.9 Å². The Labute approximate surface area is 98.7 Å². The zero-order valence-electron chi connectivity index (χ0n) is 9.36. The largest absolute Gasteiger partial charge is 0.435 e. The topological polar surface area (TPSA) is 30.5 Å². The van der Waals surface area contributed by atoms with Gasteiger partial charge >= 0.3 is 6.61 Å². The number of hydrogen-bond acceptors (Lipinski definition) is 3. The van der Waals surface area contributed by atoms with Crippen LogP contribution in [0.3, 0.4) is 0 Å². The number of rotatable bonds is 4. The van der Waals surface area contributed by atoms with Crippen LogP contribution >= 0.6 is 0 Å². The van der Waals surface area contributed by atoms with Gasteiger partial charge in [0.25, 0.3) is 0 Å². The number of nitrogens with one attached hydrogen (secondary N) is 1. The standard InChI is InChI=1S/C12H15F2NO2/c13-12(14)17-11-4-2-1-3-9(11)7-10-8-15-5-6-16-10/h1-4,10,12,15H,5-8H2/t10-/m1/s1. The third kappa shape index (κ3) is 3.64. The van der Waals surface area contributed by atoms with Crippen LogP contribution in [-0.4, -0.2) is 32.4 Å². The summed E-state index contributed by atoms with van der Waals surface area (Å²) in [7, 11) is 0. The van der Waals surface area contributed by atoms with E-state index in [1.807, 2.05) is 6.07 Å². The first-order valence-electron chi connectivity index (χ1n) is 5.61. The highest BCUT2D eigenvalue weighted by Crippen LogP contribution is 2.22. The van der Waals surface area contributed by atoms with Gasteiger partial charge in [-0.05, 0) is 11.6 Å². The van der Waals surface area contributed by atoms with E-state index in [0.717, 1.165) is 18.7 Å². The van der Waals surface area contributed by atoms with E-state index in [1.54, 1.807) is 18.2 Å². The molecule has 94 valence electrons. The molecule has 0 amide bonds. The third-order valence-electron chi connectivity index (χ3n) is 2.64. The minimum absolute atomic E-state index is 0.0196. The van der Waals surface area contributed by atoms with Crippen molar-refractivity contribution in [2.75, 3.05) is 19.7 Å². The summed E-state index contributed by atoms with van der Waals surface area (Å²) in [5.74, 6) is 0.233. The third-order valence-corrected chi connectivity index (χ3v) is 2.64. The molecular weight excluding hydrogens is 228 g/mol. The molecule has 5 heteroatoms. The van der Waals surface area contributed by atoms with Gasteiger partial charge in [-0.15, -0.1) is 0 Å². The number of halogens is 2. The predicted molar refractivity (Wildman–Crippen MR) is 59.4 cm³/mol. The lowest BCUT2D eigenvalue weighted by atomic mass is 10.1. The van der Waals surface area contributed by atoms with Crippen LogP contribution in [0.2, 0.25) is 0 Å². The molecule has 0 aromatic heterocycles. The molecule has 0 radical (unpaired) electrons. The van der Waals surface area contributed by atoms with Crippen LogP contribution in [0.1, 0.15) is 5.56 Å². The van der Waals surface area contributed by atoms with Crippen LogP contribution in [-0.2, 0) is 11.2 Å². The fraction of sp³-hybridized carbons (Fsp3) is 0.500. The molecule has 1 aliphatic heterocycles. The Morgan fingerprint density at radius 2 is 2.24 bits per heavy atom. The molecule has 1 N–H and O–H groups in total. The van der Waals surface area contributed by atoms with Gasteiger partial charge in [0.2, 0.25) is 0 Å². The summed E-state index contributed by atoms with van der Waals surface area (Å²) >= 11 is 0. The van der Waals surface area contributed by atoms with Crippen LogP contribution in [0, 0.1) is 0 Å². The Hall–Kier alpha value is -1.20. The molecule has 2 rings (SSSR count). The predicted octanol–water partition coefficient (Wildman–Crippen LogP) is 1.82. The maximum absolute atomic E-state index is 12.2. The summed E-state index contributed by atoms with van der Waals surface area (Å²) in [6.07, 6.45) is 0.599. The van der Waals surface area contributed by atoms with Crippen LogP contribution in [0.5, 0.6) is 5.75 Å². The van der Waals surface area contributed by atoms with Crippen molar-refractivity contribution in [3.05, 3.63) is 29.8 Å². The number of hydrogen-bond donors (Lipinski definition) is 1. The number of benzene rings is 1. The molecule has 1 fully saturated rings. The molecular formula is C12H15F2NO2. The number of alkyl halides is 2. The molecule has 0 spiro atoms. The molecule has 17 heavy (non-hydrogen) atoms. The van der Waals surface area contributed by atoms with Crippen molar-refractivity contribution in [3.63, 3.8) is 0 Å². The molecule has 0 unspecified atom stereocenters. The molecule has 1 aromatic carbocycles. The van der Waals surface area contributed by atoms with Crippen molar-refractivity contribution in [1.29, 1.82) is 0 Å². The second-order valence-electron chi connectivity index (χ2n) is 3.89. The summed E-state index contributed by atoms with van der Waals surface area (Å²) in [6, 6.07) is 6.83. The van der Waals surface area contributed by atoms with Gasteiger partial charge < -0.3 is 14.8 Å².